The molecular weight excluding hydrogens is 274 g/mol. The quantitative estimate of drug-likeness (QED) is 0.935. The molecule has 0 unspecified atom stereocenters. The van der Waals surface area contributed by atoms with Gasteiger partial charge in [0.05, 0.1) is 10.7 Å². The van der Waals surface area contributed by atoms with Crippen molar-refractivity contribution in [1.82, 2.24) is 14.9 Å². The predicted octanol–water partition coefficient (Wildman–Crippen LogP) is 2.38. The molecule has 0 radical (unpaired) electrons. The molecule has 1 aromatic heterocycles. The SMILES string of the molecule is CCNCc1cccc(Cl)c1-n1cnc(C#N)c1C#N. The molecule has 5 nitrogen and oxygen atoms in total. The van der Waals surface area contributed by atoms with Crippen LogP contribution in [0.1, 0.15) is 23.9 Å². The van der Waals surface area contributed by atoms with Gasteiger partial charge in [-0.05, 0) is 18.2 Å². The molecule has 0 spiro atoms. The highest BCUT2D eigenvalue weighted by molar-refractivity contribution is 6.32. The predicted molar refractivity (Wildman–Crippen MR) is 75.4 cm³/mol. The summed E-state index contributed by atoms with van der Waals surface area (Å²) in [5, 5.41) is 21.9. The Morgan fingerprint density at radius 2 is 2.15 bits per heavy atom. The van der Waals surface area contributed by atoms with E-state index in [2.05, 4.69) is 10.3 Å². The van der Waals surface area contributed by atoms with Crippen LogP contribution in [0.4, 0.5) is 0 Å². The van der Waals surface area contributed by atoms with Crippen LogP contribution in [-0.2, 0) is 6.54 Å². The van der Waals surface area contributed by atoms with Crippen LogP contribution in [0, 0.1) is 22.7 Å². The summed E-state index contributed by atoms with van der Waals surface area (Å²) >= 11 is 6.26. The van der Waals surface area contributed by atoms with Gasteiger partial charge < -0.3 is 5.32 Å². The Morgan fingerprint density at radius 1 is 1.35 bits per heavy atom. The minimum Gasteiger partial charge on any atom is -0.313 e. The lowest BCUT2D eigenvalue weighted by Crippen LogP contribution is -2.14. The van der Waals surface area contributed by atoms with E-state index in [1.54, 1.807) is 10.6 Å². The number of nitrogens with zero attached hydrogens (tertiary/aromatic N) is 4. The zero-order chi connectivity index (χ0) is 14.5. The van der Waals surface area contributed by atoms with Gasteiger partial charge >= 0.3 is 0 Å². The summed E-state index contributed by atoms with van der Waals surface area (Å²) in [4.78, 5) is 3.94. The first-order valence-corrected chi connectivity index (χ1v) is 6.46. The fraction of sp³-hybridized carbons (Fsp3) is 0.214. The van der Waals surface area contributed by atoms with Crippen molar-refractivity contribution in [3.8, 4) is 17.8 Å². The molecule has 1 aromatic carbocycles. The molecule has 0 saturated carbocycles. The molecular formula is C14H12ClN5. The fourth-order valence-electron chi connectivity index (χ4n) is 1.94. The van der Waals surface area contributed by atoms with Crippen molar-refractivity contribution in [2.75, 3.05) is 6.54 Å². The third-order valence-electron chi connectivity index (χ3n) is 2.86. The number of hydrogen-bond acceptors (Lipinski definition) is 4. The van der Waals surface area contributed by atoms with Crippen LogP contribution < -0.4 is 5.32 Å². The minimum absolute atomic E-state index is 0.0989. The number of para-hydroxylation sites is 1. The number of nitriles is 2. The summed E-state index contributed by atoms with van der Waals surface area (Å²) in [6.45, 7) is 3.46. The molecule has 20 heavy (non-hydrogen) atoms. The Bertz CT molecular complexity index is 705. The van der Waals surface area contributed by atoms with Crippen molar-refractivity contribution in [2.45, 2.75) is 13.5 Å². The van der Waals surface area contributed by atoms with Crippen molar-refractivity contribution < 1.29 is 0 Å². The van der Waals surface area contributed by atoms with Crippen LogP contribution in [0.2, 0.25) is 5.02 Å². The number of nitrogens with one attached hydrogen (secondary N) is 1. The number of aromatic nitrogens is 2. The van der Waals surface area contributed by atoms with Crippen molar-refractivity contribution in [2.24, 2.45) is 0 Å². The van der Waals surface area contributed by atoms with Gasteiger partial charge in [0.25, 0.3) is 0 Å². The van der Waals surface area contributed by atoms with Crippen LogP contribution in [0.15, 0.2) is 24.5 Å². The molecule has 0 atom stereocenters. The highest BCUT2D eigenvalue weighted by Gasteiger charge is 2.16. The molecule has 2 rings (SSSR count). The van der Waals surface area contributed by atoms with E-state index in [0.717, 1.165) is 12.1 Å². The molecule has 0 aliphatic rings. The second-order valence-electron chi connectivity index (χ2n) is 4.06. The number of rotatable bonds is 4. The molecule has 1 N–H and O–H groups in total. The smallest absolute Gasteiger partial charge is 0.177 e. The zero-order valence-electron chi connectivity index (χ0n) is 10.9. The van der Waals surface area contributed by atoms with E-state index in [9.17, 15) is 5.26 Å². The van der Waals surface area contributed by atoms with Gasteiger partial charge in [-0.25, -0.2) is 4.98 Å². The maximum absolute atomic E-state index is 9.22. The number of halogens is 1. The van der Waals surface area contributed by atoms with E-state index >= 15 is 0 Å². The maximum atomic E-state index is 9.22. The average Bonchev–Trinajstić information content (AvgIpc) is 2.87. The first kappa shape index (κ1) is 14.1. The lowest BCUT2D eigenvalue weighted by atomic mass is 10.1. The summed E-state index contributed by atoms with van der Waals surface area (Å²) < 4.78 is 1.56. The number of benzene rings is 1. The molecule has 0 bridgehead atoms. The molecule has 0 amide bonds. The molecule has 6 heteroatoms. The van der Waals surface area contributed by atoms with Gasteiger partial charge in [-0.1, -0.05) is 30.7 Å². The molecule has 0 aliphatic heterocycles. The van der Waals surface area contributed by atoms with Crippen molar-refractivity contribution in [3.63, 3.8) is 0 Å². The standard InChI is InChI=1S/C14H12ClN5/c1-2-18-8-10-4-3-5-11(15)14(10)20-9-19-12(6-16)13(20)7-17/h3-5,9,18H,2,8H2,1H3. The Kier molecular flexibility index (Phi) is 4.37. The Morgan fingerprint density at radius 3 is 2.80 bits per heavy atom. The van der Waals surface area contributed by atoms with Gasteiger partial charge in [-0.2, -0.15) is 10.5 Å². The van der Waals surface area contributed by atoms with Crippen molar-refractivity contribution in [1.29, 1.82) is 10.5 Å². The summed E-state index contributed by atoms with van der Waals surface area (Å²) in [6.07, 6.45) is 1.45. The summed E-state index contributed by atoms with van der Waals surface area (Å²) in [6, 6.07) is 9.44. The second-order valence-corrected chi connectivity index (χ2v) is 4.47. The number of hydrogen-bond donors (Lipinski definition) is 1. The molecule has 100 valence electrons. The van der Waals surface area contributed by atoms with Crippen LogP contribution in [-0.4, -0.2) is 16.1 Å². The third kappa shape index (κ3) is 2.50. The third-order valence-corrected chi connectivity index (χ3v) is 3.16. The topological polar surface area (TPSA) is 77.4 Å². The highest BCUT2D eigenvalue weighted by Crippen LogP contribution is 2.26. The fourth-order valence-corrected chi connectivity index (χ4v) is 2.22. The van der Waals surface area contributed by atoms with Gasteiger partial charge in [0, 0.05) is 6.54 Å². The lowest BCUT2D eigenvalue weighted by molar-refractivity contribution is 0.722. The molecule has 0 aliphatic carbocycles. The van der Waals surface area contributed by atoms with Crippen molar-refractivity contribution in [3.05, 3.63) is 46.5 Å². The summed E-state index contributed by atoms with van der Waals surface area (Å²) in [5.41, 5.74) is 1.92. The van der Waals surface area contributed by atoms with E-state index in [-0.39, 0.29) is 11.4 Å². The molecule has 1 heterocycles. The van der Waals surface area contributed by atoms with E-state index in [0.29, 0.717) is 17.3 Å². The van der Waals surface area contributed by atoms with Crippen LogP contribution in [0.3, 0.4) is 0 Å². The van der Waals surface area contributed by atoms with Crippen molar-refractivity contribution >= 4 is 11.6 Å². The van der Waals surface area contributed by atoms with Crippen LogP contribution in [0.5, 0.6) is 0 Å². The average molecular weight is 286 g/mol. The first-order valence-electron chi connectivity index (χ1n) is 6.09. The largest absolute Gasteiger partial charge is 0.313 e. The molecule has 0 saturated heterocycles. The van der Waals surface area contributed by atoms with Crippen LogP contribution in [0.25, 0.3) is 5.69 Å². The van der Waals surface area contributed by atoms with Gasteiger partial charge in [0.1, 0.15) is 18.5 Å². The van der Waals surface area contributed by atoms with E-state index in [4.69, 9.17) is 16.9 Å². The van der Waals surface area contributed by atoms with E-state index in [1.807, 2.05) is 31.2 Å². The van der Waals surface area contributed by atoms with E-state index < -0.39 is 0 Å². The Hall–Kier alpha value is -2.34. The Balaban J connectivity index is 2.61. The number of imidazole rings is 1. The minimum atomic E-state index is 0.0989. The Labute approximate surface area is 122 Å². The van der Waals surface area contributed by atoms with Gasteiger partial charge in [0.15, 0.2) is 11.4 Å². The molecule has 2 aromatic rings. The summed E-state index contributed by atoms with van der Waals surface area (Å²) in [5.74, 6) is 0. The highest BCUT2D eigenvalue weighted by atomic mass is 35.5. The lowest BCUT2D eigenvalue weighted by Gasteiger charge is -2.13. The van der Waals surface area contributed by atoms with Gasteiger partial charge in [-0.3, -0.25) is 4.57 Å². The monoisotopic (exact) mass is 285 g/mol. The van der Waals surface area contributed by atoms with E-state index in [1.165, 1.54) is 6.33 Å². The second kappa shape index (κ2) is 6.21. The summed E-state index contributed by atoms with van der Waals surface area (Å²) in [7, 11) is 0. The molecule has 0 fully saturated rings. The maximum Gasteiger partial charge on any atom is 0.177 e. The normalized spacial score (nSPS) is 10.0. The zero-order valence-corrected chi connectivity index (χ0v) is 11.6. The first-order chi connectivity index (χ1) is 9.72. The van der Waals surface area contributed by atoms with Crippen LogP contribution >= 0.6 is 11.6 Å². The van der Waals surface area contributed by atoms with Gasteiger partial charge in [0.2, 0.25) is 0 Å². The van der Waals surface area contributed by atoms with Gasteiger partial charge in [-0.15, -0.1) is 0 Å².